The fourth-order valence-electron chi connectivity index (χ4n) is 1.56. The second-order valence-electron chi connectivity index (χ2n) is 4.07. The number of nitrogens with one attached hydrogen (secondary N) is 1. The zero-order chi connectivity index (χ0) is 13.7. The summed E-state index contributed by atoms with van der Waals surface area (Å²) in [6.45, 7) is 2.76. The van der Waals surface area contributed by atoms with E-state index < -0.39 is 0 Å². The lowest BCUT2D eigenvalue weighted by molar-refractivity contribution is -0.111. The number of nitrogen functional groups attached to an aromatic ring is 1. The van der Waals surface area contributed by atoms with Crippen LogP contribution in [-0.4, -0.2) is 15.7 Å². The van der Waals surface area contributed by atoms with Gasteiger partial charge in [0, 0.05) is 24.5 Å². The molecule has 1 aromatic carbocycles. The van der Waals surface area contributed by atoms with Crippen LogP contribution in [0.2, 0.25) is 0 Å². The van der Waals surface area contributed by atoms with Gasteiger partial charge in [-0.25, -0.2) is 0 Å². The number of carbonyl (C=O) groups is 1. The number of aryl methyl sites for hydroxylation is 1. The Bertz CT molecular complexity index is 584. The molecule has 0 fully saturated rings. The first-order valence-electron chi connectivity index (χ1n) is 6.04. The normalized spacial score (nSPS) is 10.8. The Labute approximate surface area is 111 Å². The molecule has 0 saturated carbocycles. The SMILES string of the molecule is CCn1cc(NC(=O)/C=C/c2ccc(N)cc2)cn1. The maximum Gasteiger partial charge on any atom is 0.248 e. The number of nitrogens with zero attached hydrogens (tertiary/aromatic N) is 2. The van der Waals surface area contributed by atoms with Crippen molar-refractivity contribution in [2.24, 2.45) is 0 Å². The van der Waals surface area contributed by atoms with Crippen LogP contribution in [0.25, 0.3) is 6.08 Å². The molecule has 0 radical (unpaired) electrons. The van der Waals surface area contributed by atoms with Gasteiger partial charge in [-0.2, -0.15) is 5.10 Å². The largest absolute Gasteiger partial charge is 0.399 e. The molecule has 0 aliphatic carbocycles. The first-order chi connectivity index (χ1) is 9.17. The molecule has 2 rings (SSSR count). The highest BCUT2D eigenvalue weighted by Crippen LogP contribution is 2.08. The van der Waals surface area contributed by atoms with E-state index in [-0.39, 0.29) is 5.91 Å². The molecule has 0 saturated heterocycles. The summed E-state index contributed by atoms with van der Waals surface area (Å²) in [5.41, 5.74) is 7.90. The molecule has 0 aliphatic heterocycles. The minimum atomic E-state index is -0.188. The maximum atomic E-state index is 11.7. The van der Waals surface area contributed by atoms with Crippen LogP contribution in [-0.2, 0) is 11.3 Å². The number of aromatic nitrogens is 2. The Morgan fingerprint density at radius 2 is 2.16 bits per heavy atom. The predicted molar refractivity (Wildman–Crippen MR) is 76.4 cm³/mol. The third-order valence-electron chi connectivity index (χ3n) is 2.59. The number of hydrogen-bond donors (Lipinski definition) is 2. The molecule has 3 N–H and O–H groups in total. The highest BCUT2D eigenvalue weighted by atomic mass is 16.1. The quantitative estimate of drug-likeness (QED) is 0.650. The van der Waals surface area contributed by atoms with E-state index in [1.54, 1.807) is 35.3 Å². The van der Waals surface area contributed by atoms with Gasteiger partial charge < -0.3 is 11.1 Å². The topological polar surface area (TPSA) is 72.9 Å². The Morgan fingerprint density at radius 1 is 1.42 bits per heavy atom. The van der Waals surface area contributed by atoms with Crippen LogP contribution >= 0.6 is 0 Å². The highest BCUT2D eigenvalue weighted by molar-refractivity contribution is 6.01. The van der Waals surface area contributed by atoms with Gasteiger partial charge in [-0.1, -0.05) is 12.1 Å². The molecule has 5 heteroatoms. The van der Waals surface area contributed by atoms with E-state index in [4.69, 9.17) is 5.73 Å². The number of carbonyl (C=O) groups excluding carboxylic acids is 1. The molecule has 5 nitrogen and oxygen atoms in total. The van der Waals surface area contributed by atoms with Crippen molar-refractivity contribution in [1.29, 1.82) is 0 Å². The molecule has 1 aromatic heterocycles. The van der Waals surface area contributed by atoms with Gasteiger partial charge in [-0.05, 0) is 30.7 Å². The first kappa shape index (κ1) is 12.9. The minimum absolute atomic E-state index is 0.188. The molecular formula is C14H16N4O. The van der Waals surface area contributed by atoms with Crippen LogP contribution in [0.1, 0.15) is 12.5 Å². The molecule has 1 amide bonds. The van der Waals surface area contributed by atoms with E-state index in [1.807, 2.05) is 19.1 Å². The Balaban J connectivity index is 1.95. The highest BCUT2D eigenvalue weighted by Gasteiger charge is 2.00. The van der Waals surface area contributed by atoms with Gasteiger partial charge in [0.1, 0.15) is 0 Å². The summed E-state index contributed by atoms with van der Waals surface area (Å²) >= 11 is 0. The average molecular weight is 256 g/mol. The van der Waals surface area contributed by atoms with Gasteiger partial charge in [0.15, 0.2) is 0 Å². The van der Waals surface area contributed by atoms with Crippen LogP contribution in [0.15, 0.2) is 42.7 Å². The molecular weight excluding hydrogens is 240 g/mol. The van der Waals surface area contributed by atoms with Crippen LogP contribution in [0, 0.1) is 0 Å². The van der Waals surface area contributed by atoms with Crippen LogP contribution in [0.5, 0.6) is 0 Å². The van der Waals surface area contributed by atoms with E-state index in [9.17, 15) is 4.79 Å². The number of rotatable bonds is 4. The Hall–Kier alpha value is -2.56. The number of hydrogen-bond acceptors (Lipinski definition) is 3. The number of amides is 1. The summed E-state index contributed by atoms with van der Waals surface area (Å²) < 4.78 is 1.75. The van der Waals surface area contributed by atoms with E-state index in [0.29, 0.717) is 11.4 Å². The third-order valence-corrected chi connectivity index (χ3v) is 2.59. The second kappa shape index (κ2) is 5.86. The van der Waals surface area contributed by atoms with Crippen molar-refractivity contribution in [3.63, 3.8) is 0 Å². The number of anilines is 2. The summed E-state index contributed by atoms with van der Waals surface area (Å²) in [5, 5.41) is 6.82. The number of benzene rings is 1. The molecule has 0 spiro atoms. The first-order valence-corrected chi connectivity index (χ1v) is 6.04. The minimum Gasteiger partial charge on any atom is -0.399 e. The van der Waals surface area contributed by atoms with Gasteiger partial charge >= 0.3 is 0 Å². The summed E-state index contributed by atoms with van der Waals surface area (Å²) in [4.78, 5) is 11.7. The van der Waals surface area contributed by atoms with Gasteiger partial charge in [0.2, 0.25) is 5.91 Å². The van der Waals surface area contributed by atoms with Crippen LogP contribution in [0.3, 0.4) is 0 Å². The van der Waals surface area contributed by atoms with Crippen molar-refractivity contribution in [1.82, 2.24) is 9.78 Å². The van der Waals surface area contributed by atoms with Crippen LogP contribution < -0.4 is 11.1 Å². The van der Waals surface area contributed by atoms with Gasteiger partial charge in [-0.3, -0.25) is 9.48 Å². The Kier molecular flexibility index (Phi) is 3.97. The van der Waals surface area contributed by atoms with E-state index in [1.165, 1.54) is 6.08 Å². The molecule has 1 heterocycles. The van der Waals surface area contributed by atoms with Gasteiger partial charge in [0.05, 0.1) is 11.9 Å². The van der Waals surface area contributed by atoms with Crippen molar-refractivity contribution in [2.45, 2.75) is 13.5 Å². The fourth-order valence-corrected chi connectivity index (χ4v) is 1.56. The summed E-state index contributed by atoms with van der Waals surface area (Å²) in [6, 6.07) is 7.30. The maximum absolute atomic E-state index is 11.7. The van der Waals surface area contributed by atoms with Crippen molar-refractivity contribution in [2.75, 3.05) is 11.1 Å². The average Bonchev–Trinajstić information content (AvgIpc) is 2.86. The summed E-state index contributed by atoms with van der Waals surface area (Å²) in [5.74, 6) is -0.188. The Morgan fingerprint density at radius 3 is 2.79 bits per heavy atom. The molecule has 2 aromatic rings. The lowest BCUT2D eigenvalue weighted by Crippen LogP contribution is -2.06. The third kappa shape index (κ3) is 3.70. The van der Waals surface area contributed by atoms with Crippen molar-refractivity contribution >= 4 is 23.4 Å². The standard InChI is InChI=1S/C14H16N4O/c1-2-18-10-13(9-16-18)17-14(19)8-5-11-3-6-12(15)7-4-11/h3-10H,2,15H2,1H3,(H,17,19)/b8-5+. The zero-order valence-corrected chi connectivity index (χ0v) is 10.7. The van der Waals surface area contributed by atoms with Gasteiger partial charge in [0.25, 0.3) is 0 Å². The molecule has 0 bridgehead atoms. The van der Waals surface area contributed by atoms with Crippen molar-refractivity contribution in [3.05, 3.63) is 48.3 Å². The van der Waals surface area contributed by atoms with Crippen LogP contribution in [0.4, 0.5) is 11.4 Å². The van der Waals surface area contributed by atoms with E-state index in [0.717, 1.165) is 12.1 Å². The zero-order valence-electron chi connectivity index (χ0n) is 10.7. The lowest BCUT2D eigenvalue weighted by Gasteiger charge is -1.97. The van der Waals surface area contributed by atoms with E-state index in [2.05, 4.69) is 10.4 Å². The molecule has 0 unspecified atom stereocenters. The smallest absolute Gasteiger partial charge is 0.248 e. The molecule has 0 atom stereocenters. The van der Waals surface area contributed by atoms with Crippen molar-refractivity contribution < 1.29 is 4.79 Å². The lowest BCUT2D eigenvalue weighted by atomic mass is 10.2. The fraction of sp³-hybridized carbons (Fsp3) is 0.143. The predicted octanol–water partition coefficient (Wildman–Crippen LogP) is 2.14. The van der Waals surface area contributed by atoms with E-state index >= 15 is 0 Å². The summed E-state index contributed by atoms with van der Waals surface area (Å²) in [7, 11) is 0. The second-order valence-corrected chi connectivity index (χ2v) is 4.07. The number of nitrogens with two attached hydrogens (primary N) is 1. The van der Waals surface area contributed by atoms with Crippen molar-refractivity contribution in [3.8, 4) is 0 Å². The molecule has 98 valence electrons. The van der Waals surface area contributed by atoms with Gasteiger partial charge in [-0.15, -0.1) is 0 Å². The molecule has 19 heavy (non-hydrogen) atoms. The molecule has 0 aliphatic rings. The summed E-state index contributed by atoms with van der Waals surface area (Å²) in [6.07, 6.45) is 6.63. The monoisotopic (exact) mass is 256 g/mol.